The number of hydrogen-bond acceptors (Lipinski definition) is 4. The second-order valence-corrected chi connectivity index (χ2v) is 6.55. The van der Waals surface area contributed by atoms with Gasteiger partial charge in [0.1, 0.15) is 0 Å². The van der Waals surface area contributed by atoms with E-state index >= 15 is 0 Å². The number of hydrogen-bond donors (Lipinski definition) is 0. The molecule has 1 saturated carbocycles. The van der Waals surface area contributed by atoms with E-state index < -0.39 is 0 Å². The van der Waals surface area contributed by atoms with Gasteiger partial charge in [0.25, 0.3) is 0 Å². The van der Waals surface area contributed by atoms with Crippen LogP contribution in [0.4, 0.5) is 0 Å². The summed E-state index contributed by atoms with van der Waals surface area (Å²) in [6, 6.07) is 0. The van der Waals surface area contributed by atoms with E-state index in [2.05, 4.69) is 11.9 Å². The largest absolute Gasteiger partial charge is 0.461 e. The van der Waals surface area contributed by atoms with E-state index in [1.165, 1.54) is 32.1 Å². The molecule has 1 heterocycles. The van der Waals surface area contributed by atoms with Gasteiger partial charge in [-0.15, -0.1) is 11.3 Å². The van der Waals surface area contributed by atoms with Gasteiger partial charge in [-0.25, -0.2) is 9.78 Å². The molecular formula is C15H23NO2S. The summed E-state index contributed by atoms with van der Waals surface area (Å²) >= 11 is 1.68. The molecule has 0 aliphatic heterocycles. The smallest absolute Gasteiger partial charge is 0.358 e. The zero-order valence-corrected chi connectivity index (χ0v) is 12.9. The molecule has 19 heavy (non-hydrogen) atoms. The van der Waals surface area contributed by atoms with Gasteiger partial charge in [-0.1, -0.05) is 26.2 Å². The molecule has 0 radical (unpaired) electrons. The zero-order chi connectivity index (χ0) is 13.8. The first kappa shape index (κ1) is 14.5. The molecule has 106 valence electrons. The Balaban J connectivity index is 2.13. The first-order valence-electron chi connectivity index (χ1n) is 7.30. The van der Waals surface area contributed by atoms with Gasteiger partial charge in [0.05, 0.1) is 11.6 Å². The van der Waals surface area contributed by atoms with Crippen molar-refractivity contribution in [3.63, 3.8) is 0 Å². The van der Waals surface area contributed by atoms with Crippen LogP contribution in [0.1, 0.15) is 72.2 Å². The number of aromatic nitrogens is 1. The van der Waals surface area contributed by atoms with Crippen molar-refractivity contribution in [1.82, 2.24) is 4.98 Å². The minimum Gasteiger partial charge on any atom is -0.461 e. The van der Waals surface area contributed by atoms with Crippen LogP contribution in [-0.4, -0.2) is 17.6 Å². The minimum atomic E-state index is -0.273. The molecule has 0 bridgehead atoms. The molecule has 0 spiro atoms. The second-order valence-electron chi connectivity index (χ2n) is 5.32. The number of nitrogens with zero attached hydrogens (tertiary/aromatic N) is 1. The molecule has 2 rings (SSSR count). The fourth-order valence-corrected chi connectivity index (χ4v) is 3.92. The fraction of sp³-hybridized carbons (Fsp3) is 0.733. The third-order valence-corrected chi connectivity index (χ3v) is 5.12. The Hall–Kier alpha value is -0.900. The second kappa shape index (κ2) is 6.51. The molecule has 2 atom stereocenters. The normalized spacial score (nSPS) is 23.3. The number of thiazole rings is 1. The summed E-state index contributed by atoms with van der Waals surface area (Å²) in [6.45, 7) is 6.47. The van der Waals surface area contributed by atoms with Crippen LogP contribution in [0, 0.1) is 12.8 Å². The molecular weight excluding hydrogens is 258 g/mol. The molecule has 1 aromatic rings. The summed E-state index contributed by atoms with van der Waals surface area (Å²) in [5.41, 5.74) is 0.528. The summed E-state index contributed by atoms with van der Waals surface area (Å²) in [7, 11) is 0. The van der Waals surface area contributed by atoms with E-state index in [1.54, 1.807) is 11.3 Å². The minimum absolute atomic E-state index is 0.273. The Labute approximate surface area is 119 Å². The average molecular weight is 281 g/mol. The summed E-state index contributed by atoms with van der Waals surface area (Å²) in [5.74, 6) is 1.10. The lowest BCUT2D eigenvalue weighted by atomic mass is 9.80. The zero-order valence-electron chi connectivity index (χ0n) is 12.1. The highest BCUT2D eigenvalue weighted by molar-refractivity contribution is 7.12. The van der Waals surface area contributed by atoms with E-state index in [9.17, 15) is 4.79 Å². The van der Waals surface area contributed by atoms with Crippen molar-refractivity contribution < 1.29 is 9.53 Å². The van der Waals surface area contributed by atoms with Crippen LogP contribution in [0.2, 0.25) is 0 Å². The van der Waals surface area contributed by atoms with Crippen molar-refractivity contribution in [2.45, 2.75) is 58.8 Å². The number of rotatable bonds is 4. The number of aryl methyl sites for hydroxylation is 1. The van der Waals surface area contributed by atoms with E-state index in [0.29, 0.717) is 18.2 Å². The lowest BCUT2D eigenvalue weighted by Gasteiger charge is -2.26. The monoisotopic (exact) mass is 281 g/mol. The molecule has 1 aliphatic carbocycles. The van der Waals surface area contributed by atoms with Gasteiger partial charge in [-0.05, 0) is 32.6 Å². The van der Waals surface area contributed by atoms with E-state index in [4.69, 9.17) is 4.74 Å². The SMILES string of the molecule is CCOC(=O)c1nc(C2CCCC(CC)C2)sc1C. The summed E-state index contributed by atoms with van der Waals surface area (Å²) in [5, 5.41) is 1.14. The Bertz CT molecular complexity index is 441. The van der Waals surface area contributed by atoms with Crippen molar-refractivity contribution in [1.29, 1.82) is 0 Å². The molecule has 3 nitrogen and oxygen atoms in total. The highest BCUT2D eigenvalue weighted by atomic mass is 32.1. The molecule has 1 fully saturated rings. The first-order chi connectivity index (χ1) is 9.15. The van der Waals surface area contributed by atoms with Gasteiger partial charge < -0.3 is 4.74 Å². The van der Waals surface area contributed by atoms with Crippen LogP contribution >= 0.6 is 11.3 Å². The molecule has 0 N–H and O–H groups in total. The highest BCUT2D eigenvalue weighted by Crippen LogP contribution is 2.39. The Morgan fingerprint density at radius 2 is 2.21 bits per heavy atom. The van der Waals surface area contributed by atoms with Crippen LogP contribution in [0.3, 0.4) is 0 Å². The van der Waals surface area contributed by atoms with Crippen molar-refractivity contribution in [2.24, 2.45) is 5.92 Å². The van der Waals surface area contributed by atoms with Gasteiger partial charge in [0.15, 0.2) is 5.69 Å². The summed E-state index contributed by atoms with van der Waals surface area (Å²) in [4.78, 5) is 17.4. The average Bonchev–Trinajstić information content (AvgIpc) is 2.81. The first-order valence-corrected chi connectivity index (χ1v) is 8.11. The van der Waals surface area contributed by atoms with Crippen LogP contribution in [0.15, 0.2) is 0 Å². The molecule has 4 heteroatoms. The molecule has 1 aromatic heterocycles. The molecule has 2 unspecified atom stereocenters. The molecule has 1 aliphatic rings. The predicted molar refractivity (Wildman–Crippen MR) is 77.8 cm³/mol. The third-order valence-electron chi connectivity index (χ3n) is 3.99. The van der Waals surface area contributed by atoms with Gasteiger partial charge >= 0.3 is 5.97 Å². The lowest BCUT2D eigenvalue weighted by molar-refractivity contribution is 0.0519. The standard InChI is InChI=1S/C15H23NO2S/c1-4-11-7-6-8-12(9-11)14-16-13(10(3)19-14)15(17)18-5-2/h11-12H,4-9H2,1-3H3. The quantitative estimate of drug-likeness (QED) is 0.772. The number of carbonyl (C=O) groups excluding carboxylic acids is 1. The summed E-state index contributed by atoms with van der Waals surface area (Å²) < 4.78 is 5.06. The summed E-state index contributed by atoms with van der Waals surface area (Å²) in [6.07, 6.45) is 6.33. The predicted octanol–water partition coefficient (Wildman–Crippen LogP) is 4.31. The maximum absolute atomic E-state index is 11.8. The van der Waals surface area contributed by atoms with E-state index in [1.807, 2.05) is 13.8 Å². The van der Waals surface area contributed by atoms with E-state index in [0.717, 1.165) is 15.8 Å². The van der Waals surface area contributed by atoms with Crippen molar-refractivity contribution in [2.75, 3.05) is 6.61 Å². The number of carbonyl (C=O) groups is 1. The van der Waals surface area contributed by atoms with Gasteiger partial charge in [-0.2, -0.15) is 0 Å². The topological polar surface area (TPSA) is 39.2 Å². The molecule has 0 aromatic carbocycles. The van der Waals surface area contributed by atoms with Gasteiger partial charge in [-0.3, -0.25) is 0 Å². The van der Waals surface area contributed by atoms with Crippen molar-refractivity contribution >= 4 is 17.3 Å². The van der Waals surface area contributed by atoms with E-state index in [-0.39, 0.29) is 5.97 Å². The molecule has 0 amide bonds. The molecule has 0 saturated heterocycles. The fourth-order valence-electron chi connectivity index (χ4n) is 2.87. The lowest BCUT2D eigenvalue weighted by Crippen LogP contribution is -2.14. The van der Waals surface area contributed by atoms with Crippen LogP contribution in [-0.2, 0) is 4.74 Å². The van der Waals surface area contributed by atoms with Crippen LogP contribution in [0.5, 0.6) is 0 Å². The third kappa shape index (κ3) is 3.35. The maximum atomic E-state index is 11.8. The Morgan fingerprint density at radius 3 is 2.89 bits per heavy atom. The van der Waals surface area contributed by atoms with Crippen molar-refractivity contribution in [3.8, 4) is 0 Å². The van der Waals surface area contributed by atoms with Gasteiger partial charge in [0, 0.05) is 10.8 Å². The number of ether oxygens (including phenoxy) is 1. The van der Waals surface area contributed by atoms with Crippen molar-refractivity contribution in [3.05, 3.63) is 15.6 Å². The van der Waals surface area contributed by atoms with Crippen LogP contribution < -0.4 is 0 Å². The van der Waals surface area contributed by atoms with Gasteiger partial charge in [0.2, 0.25) is 0 Å². The Morgan fingerprint density at radius 1 is 1.42 bits per heavy atom. The maximum Gasteiger partial charge on any atom is 0.358 e. The highest BCUT2D eigenvalue weighted by Gasteiger charge is 2.26. The Kier molecular flexibility index (Phi) is 4.97. The number of esters is 1. The van der Waals surface area contributed by atoms with Crippen LogP contribution in [0.25, 0.3) is 0 Å².